The molecule has 0 saturated heterocycles. The van der Waals surface area contributed by atoms with Crippen LogP contribution in [0, 0.1) is 0 Å². The van der Waals surface area contributed by atoms with Crippen LogP contribution in [0.5, 0.6) is 0 Å². The van der Waals surface area contributed by atoms with E-state index in [9.17, 15) is 0 Å². The van der Waals surface area contributed by atoms with Crippen molar-refractivity contribution < 1.29 is 12.3 Å². The zero-order valence-corrected chi connectivity index (χ0v) is 17.9. The van der Waals surface area contributed by atoms with Gasteiger partial charge in [0.15, 0.2) is 0 Å². The zero-order chi connectivity index (χ0) is 7.15. The Labute approximate surface area is 137 Å². The van der Waals surface area contributed by atoms with E-state index in [1.807, 2.05) is 0 Å². The molecule has 0 fully saturated rings. The fourth-order valence-electron chi connectivity index (χ4n) is 0. The quantitative estimate of drug-likeness (QED) is 0.396. The van der Waals surface area contributed by atoms with Crippen molar-refractivity contribution in [2.75, 3.05) is 0 Å². The van der Waals surface area contributed by atoms with Crippen LogP contribution in [0.2, 0.25) is 0 Å². The zero-order valence-electron chi connectivity index (χ0n) is 4.14. The molecular weight excluding hydrogens is 611 g/mol. The van der Waals surface area contributed by atoms with Gasteiger partial charge >= 0.3 is 35.1 Å². The first-order valence-electron chi connectivity index (χ1n) is 0.903. The summed E-state index contributed by atoms with van der Waals surface area (Å²) in [5.74, 6) is 0. The second-order valence-electron chi connectivity index (χ2n) is 0.359. The molecule has 0 aliphatic rings. The smallest absolute Gasteiger partial charge is 0.223 e. The summed E-state index contributed by atoms with van der Waals surface area (Å²) in [6.07, 6.45) is 0. The van der Waals surface area contributed by atoms with Gasteiger partial charge < -0.3 is 0 Å². The average Bonchev–Trinajstić information content (AvgIpc) is 1.25. The third kappa shape index (κ3) is 81.0. The van der Waals surface area contributed by atoms with Gasteiger partial charge in [-0.05, 0) is 0 Å². The fourth-order valence-corrected chi connectivity index (χ4v) is 0. The monoisotopic (exact) mass is 609 g/mol. The maximum Gasteiger partial charge on any atom is 0.378 e. The largest absolute Gasteiger partial charge is 0.378 e. The van der Waals surface area contributed by atoms with Crippen molar-refractivity contribution in [1.82, 2.24) is 0 Å². The minimum Gasteiger partial charge on any atom is -0.223 e. The number of rotatable bonds is 0. The van der Waals surface area contributed by atoms with Crippen molar-refractivity contribution in [3.8, 4) is 0 Å². The Morgan fingerprint density at radius 2 is 0.778 bits per heavy atom. The Balaban J connectivity index is -0.0000000720. The molecule has 9 heteroatoms. The molecule has 0 rings (SSSR count). The SMILES string of the molecule is O=I(=O)Br.O=I(=O)Br.[Cs]. The van der Waals surface area contributed by atoms with Gasteiger partial charge in [0.25, 0.3) is 0 Å². The van der Waals surface area contributed by atoms with Crippen molar-refractivity contribution in [2.24, 2.45) is 0 Å². The molecule has 0 atom stereocenters. The van der Waals surface area contributed by atoms with Crippen molar-refractivity contribution in [3.05, 3.63) is 0 Å². The maximum absolute atomic E-state index is 9.05. The summed E-state index contributed by atoms with van der Waals surface area (Å²) < 4.78 is 36.2. The molecule has 0 aromatic carbocycles. The van der Waals surface area contributed by atoms with E-state index in [4.69, 9.17) is 12.3 Å². The molecule has 0 N–H and O–H groups in total. The number of hydrogen-bond acceptors (Lipinski definition) is 4. The molecule has 53 valence electrons. The Bertz CT molecular complexity index is 133. The molecule has 0 aliphatic carbocycles. The van der Waals surface area contributed by atoms with Crippen molar-refractivity contribution in [1.29, 1.82) is 0 Å². The normalized spacial score (nSPS) is 7.56. The van der Waals surface area contributed by atoms with E-state index in [-0.39, 0.29) is 68.9 Å². The summed E-state index contributed by atoms with van der Waals surface area (Å²) in [7, 11) is 0. The van der Waals surface area contributed by atoms with Gasteiger partial charge in [0.05, 0.1) is 25.4 Å². The van der Waals surface area contributed by atoms with Crippen LogP contribution in [0.1, 0.15) is 0 Å². The Hall–Kier alpha value is 3.67. The van der Waals surface area contributed by atoms with Gasteiger partial charge in [0, 0.05) is 68.9 Å². The summed E-state index contributed by atoms with van der Waals surface area (Å²) in [4.78, 5) is 0. The first-order chi connectivity index (χ1) is 3.46. The molecule has 4 nitrogen and oxygen atoms in total. The minimum absolute atomic E-state index is 0. The van der Waals surface area contributed by atoms with Crippen LogP contribution in [-0.2, 0) is 12.3 Å². The van der Waals surface area contributed by atoms with E-state index < -0.39 is 35.1 Å². The maximum atomic E-state index is 9.05. The third-order valence-corrected chi connectivity index (χ3v) is 0. The van der Waals surface area contributed by atoms with Gasteiger partial charge in [-0.1, -0.05) is 0 Å². The molecule has 0 amide bonds. The fraction of sp³-hybridized carbons (Fsp3) is 0. The van der Waals surface area contributed by atoms with E-state index in [0.29, 0.717) is 0 Å². The summed E-state index contributed by atoms with van der Waals surface area (Å²) in [6.45, 7) is 0. The van der Waals surface area contributed by atoms with Crippen LogP contribution in [0.25, 0.3) is 0 Å². The molecule has 0 heterocycles. The second-order valence-corrected chi connectivity index (χ2v) is 8.98. The van der Waals surface area contributed by atoms with E-state index in [2.05, 4.69) is 25.4 Å². The molecule has 0 spiro atoms. The van der Waals surface area contributed by atoms with E-state index in [0.717, 1.165) is 0 Å². The van der Waals surface area contributed by atoms with Crippen LogP contribution in [0.4, 0.5) is 0 Å². The van der Waals surface area contributed by atoms with Gasteiger partial charge in [0.2, 0.25) is 0 Å². The molecule has 0 unspecified atom stereocenters. The third-order valence-electron chi connectivity index (χ3n) is 0. The standard InChI is InChI=1S/2BrIO2.Cs/c2*1-2(3)4;. The molecule has 0 aromatic rings. The van der Waals surface area contributed by atoms with Crippen molar-refractivity contribution in [3.63, 3.8) is 0 Å². The van der Waals surface area contributed by atoms with Gasteiger partial charge in [-0.2, -0.15) is 0 Å². The van der Waals surface area contributed by atoms with Crippen LogP contribution in [0.15, 0.2) is 0 Å². The Kier molecular flexibility index (Phi) is 29.1. The van der Waals surface area contributed by atoms with Gasteiger partial charge in [-0.25, -0.2) is 12.3 Å². The summed E-state index contributed by atoms with van der Waals surface area (Å²) >= 11 is -1.27. The Morgan fingerprint density at radius 1 is 0.778 bits per heavy atom. The van der Waals surface area contributed by atoms with Crippen LogP contribution in [-0.4, -0.2) is 68.9 Å². The molecular formula is Br2CsI2O4. The van der Waals surface area contributed by atoms with Crippen LogP contribution >= 0.6 is 60.5 Å². The van der Waals surface area contributed by atoms with Crippen molar-refractivity contribution in [2.45, 2.75) is 0 Å². The minimum atomic E-state index is -2.95. The van der Waals surface area contributed by atoms with Gasteiger partial charge in [-0.3, -0.25) is 0 Å². The van der Waals surface area contributed by atoms with Gasteiger partial charge in [-0.15, -0.1) is 0 Å². The predicted octanol–water partition coefficient (Wildman–Crippen LogP) is 2.61. The first kappa shape index (κ1) is 18.5. The van der Waals surface area contributed by atoms with Crippen LogP contribution < -0.4 is 0 Å². The molecule has 0 aromatic heterocycles. The van der Waals surface area contributed by atoms with Crippen molar-refractivity contribution >= 4 is 129 Å². The summed E-state index contributed by atoms with van der Waals surface area (Å²) in [5, 5.41) is 0. The van der Waals surface area contributed by atoms with E-state index >= 15 is 0 Å². The Morgan fingerprint density at radius 3 is 0.778 bits per heavy atom. The second kappa shape index (κ2) is 14.2. The number of halogens is 4. The molecule has 9 heavy (non-hydrogen) atoms. The summed E-state index contributed by atoms with van der Waals surface area (Å²) in [6, 6.07) is 0. The summed E-state index contributed by atoms with van der Waals surface area (Å²) in [5.41, 5.74) is 0. The average molecular weight is 611 g/mol. The molecule has 0 aliphatic heterocycles. The molecule has 1 radical (unpaired) electrons. The first-order valence-corrected chi connectivity index (χ1v) is 14.1. The van der Waals surface area contributed by atoms with Gasteiger partial charge in [0.1, 0.15) is 0 Å². The topological polar surface area (TPSA) is 68.3 Å². The van der Waals surface area contributed by atoms with Crippen LogP contribution in [0.3, 0.4) is 0 Å². The molecule has 0 bridgehead atoms. The predicted molar refractivity (Wildman–Crippen MR) is 54.4 cm³/mol. The van der Waals surface area contributed by atoms with E-state index in [1.165, 1.54) is 0 Å². The van der Waals surface area contributed by atoms with E-state index in [1.54, 1.807) is 0 Å². The molecule has 0 saturated carbocycles. The number of hydrogen-bond donors (Lipinski definition) is 0.